The summed E-state index contributed by atoms with van der Waals surface area (Å²) in [4.78, 5) is 32.5. The Morgan fingerprint density at radius 2 is 1.88 bits per heavy atom. The van der Waals surface area contributed by atoms with Gasteiger partial charge < -0.3 is 20.9 Å². The Kier molecular flexibility index (Phi) is 5.44. The number of hydrogen-bond donors (Lipinski definition) is 2. The van der Waals surface area contributed by atoms with Crippen LogP contribution in [0.15, 0.2) is 24.8 Å². The summed E-state index contributed by atoms with van der Waals surface area (Å²) in [7, 11) is 0. The lowest BCUT2D eigenvalue weighted by Gasteiger charge is -2.34. The Morgan fingerprint density at radius 3 is 2.60 bits per heavy atom. The number of carbonyl (C=O) groups excluding carboxylic acids is 1. The van der Waals surface area contributed by atoms with E-state index in [4.69, 9.17) is 17.3 Å². The van der Waals surface area contributed by atoms with Crippen molar-refractivity contribution < 1.29 is 4.79 Å². The van der Waals surface area contributed by atoms with Crippen LogP contribution in [-0.4, -0.2) is 63.5 Å². The van der Waals surface area contributed by atoms with E-state index in [2.05, 4.69) is 30.2 Å². The fourth-order valence-corrected chi connectivity index (χ4v) is 2.73. The number of nitrogens with one attached hydrogen (secondary N) is 1. The van der Waals surface area contributed by atoms with Crippen molar-refractivity contribution in [2.75, 3.05) is 48.7 Å². The van der Waals surface area contributed by atoms with Gasteiger partial charge in [-0.15, -0.1) is 0 Å². The Hall–Kier alpha value is -2.68. The summed E-state index contributed by atoms with van der Waals surface area (Å²) in [5.74, 6) is 1.43. The van der Waals surface area contributed by atoms with Crippen LogP contribution in [0.25, 0.3) is 0 Å². The number of halogens is 1. The Labute approximate surface area is 150 Å². The van der Waals surface area contributed by atoms with Crippen molar-refractivity contribution in [2.24, 2.45) is 0 Å². The maximum absolute atomic E-state index is 12.3. The summed E-state index contributed by atoms with van der Waals surface area (Å²) in [6.07, 6.45) is 5.12. The molecule has 3 heterocycles. The first kappa shape index (κ1) is 17.2. The number of amides is 1. The molecule has 132 valence electrons. The van der Waals surface area contributed by atoms with Crippen LogP contribution in [0.2, 0.25) is 5.02 Å². The molecule has 2 aromatic heterocycles. The van der Waals surface area contributed by atoms with Gasteiger partial charge in [0, 0.05) is 51.5 Å². The van der Waals surface area contributed by atoms with E-state index < -0.39 is 0 Å². The van der Waals surface area contributed by atoms with Crippen LogP contribution in [-0.2, 0) is 4.79 Å². The Bertz CT molecular complexity index is 721. The molecule has 10 heteroatoms. The van der Waals surface area contributed by atoms with E-state index in [1.807, 2.05) is 4.90 Å². The Balaban J connectivity index is 1.44. The van der Waals surface area contributed by atoms with Crippen molar-refractivity contribution in [1.82, 2.24) is 24.8 Å². The largest absolute Gasteiger partial charge is 0.382 e. The lowest BCUT2D eigenvalue weighted by Crippen LogP contribution is -2.49. The molecule has 0 aliphatic carbocycles. The summed E-state index contributed by atoms with van der Waals surface area (Å²) >= 11 is 6.01. The zero-order valence-corrected chi connectivity index (χ0v) is 14.4. The van der Waals surface area contributed by atoms with Gasteiger partial charge in [0.2, 0.25) is 11.9 Å². The topological polar surface area (TPSA) is 113 Å². The number of anilines is 3. The van der Waals surface area contributed by atoms with Crippen molar-refractivity contribution in [3.8, 4) is 0 Å². The molecule has 9 nitrogen and oxygen atoms in total. The number of nitrogen functional groups attached to an aromatic ring is 1. The van der Waals surface area contributed by atoms with Gasteiger partial charge in [-0.1, -0.05) is 11.6 Å². The summed E-state index contributed by atoms with van der Waals surface area (Å²) < 4.78 is 0. The lowest BCUT2D eigenvalue weighted by atomic mass is 10.3. The van der Waals surface area contributed by atoms with Crippen LogP contribution in [0.3, 0.4) is 0 Å². The second kappa shape index (κ2) is 7.93. The average Bonchev–Trinajstić information content (AvgIpc) is 2.66. The fourth-order valence-electron chi connectivity index (χ4n) is 2.56. The monoisotopic (exact) mass is 362 g/mol. The number of nitrogens with zero attached hydrogens (tertiary/aromatic N) is 6. The highest BCUT2D eigenvalue weighted by Gasteiger charge is 2.22. The van der Waals surface area contributed by atoms with Gasteiger partial charge in [-0.3, -0.25) is 4.79 Å². The van der Waals surface area contributed by atoms with Crippen molar-refractivity contribution in [1.29, 1.82) is 0 Å². The third-order valence-electron chi connectivity index (χ3n) is 3.92. The first-order valence-electron chi connectivity index (χ1n) is 7.94. The van der Waals surface area contributed by atoms with Crippen LogP contribution in [0.4, 0.5) is 17.6 Å². The minimum atomic E-state index is 0.0827. The summed E-state index contributed by atoms with van der Waals surface area (Å²) in [5.41, 5.74) is 5.62. The van der Waals surface area contributed by atoms with Gasteiger partial charge in [-0.25, -0.2) is 19.9 Å². The third-order valence-corrected chi connectivity index (χ3v) is 4.29. The van der Waals surface area contributed by atoms with E-state index >= 15 is 0 Å². The summed E-state index contributed by atoms with van der Waals surface area (Å²) in [5, 5.41) is 3.29. The van der Waals surface area contributed by atoms with Crippen molar-refractivity contribution >= 4 is 35.1 Å². The van der Waals surface area contributed by atoms with Crippen LogP contribution in [0.5, 0.6) is 0 Å². The molecule has 1 aliphatic heterocycles. The van der Waals surface area contributed by atoms with E-state index in [1.54, 1.807) is 18.5 Å². The minimum absolute atomic E-state index is 0.0827. The van der Waals surface area contributed by atoms with Gasteiger partial charge in [0.25, 0.3) is 0 Å². The highest BCUT2D eigenvalue weighted by atomic mass is 35.5. The van der Waals surface area contributed by atoms with Crippen LogP contribution < -0.4 is 16.0 Å². The predicted octanol–water partition coefficient (Wildman–Crippen LogP) is 0.653. The summed E-state index contributed by atoms with van der Waals surface area (Å²) in [6, 6.07) is 1.79. The van der Waals surface area contributed by atoms with E-state index in [1.165, 1.54) is 6.33 Å². The predicted molar refractivity (Wildman–Crippen MR) is 95.4 cm³/mol. The molecule has 2 aromatic rings. The zero-order valence-electron chi connectivity index (χ0n) is 13.6. The SMILES string of the molecule is Nc1ncnc(NCCC(=O)N2CCN(c3ncccn3)CC2)c1Cl. The van der Waals surface area contributed by atoms with Gasteiger partial charge in [-0.05, 0) is 6.07 Å². The molecule has 0 radical (unpaired) electrons. The fraction of sp³-hybridized carbons (Fsp3) is 0.400. The molecule has 3 rings (SSSR count). The molecule has 0 saturated carbocycles. The minimum Gasteiger partial charge on any atom is -0.382 e. The van der Waals surface area contributed by atoms with Gasteiger partial charge in [0.1, 0.15) is 23.0 Å². The number of rotatable bonds is 5. The average molecular weight is 363 g/mol. The first-order chi connectivity index (χ1) is 12.1. The second-order valence-electron chi connectivity index (χ2n) is 5.51. The molecular weight excluding hydrogens is 344 g/mol. The molecule has 1 saturated heterocycles. The molecule has 1 aliphatic rings. The van der Waals surface area contributed by atoms with Crippen molar-refractivity contribution in [3.05, 3.63) is 29.8 Å². The number of piperazine rings is 1. The first-order valence-corrected chi connectivity index (χ1v) is 8.32. The molecule has 0 aromatic carbocycles. The summed E-state index contributed by atoms with van der Waals surface area (Å²) in [6.45, 7) is 3.17. The third kappa shape index (κ3) is 4.24. The maximum atomic E-state index is 12.3. The van der Waals surface area contributed by atoms with E-state index in [9.17, 15) is 4.79 Å². The lowest BCUT2D eigenvalue weighted by molar-refractivity contribution is -0.131. The molecule has 0 bridgehead atoms. The molecule has 0 unspecified atom stereocenters. The van der Waals surface area contributed by atoms with Crippen LogP contribution in [0, 0.1) is 0 Å². The van der Waals surface area contributed by atoms with Gasteiger partial charge >= 0.3 is 0 Å². The van der Waals surface area contributed by atoms with E-state index in [0.717, 1.165) is 13.1 Å². The second-order valence-corrected chi connectivity index (χ2v) is 5.89. The molecule has 1 amide bonds. The van der Waals surface area contributed by atoms with Crippen LogP contribution >= 0.6 is 11.6 Å². The number of hydrogen-bond acceptors (Lipinski definition) is 8. The molecule has 25 heavy (non-hydrogen) atoms. The number of carbonyl (C=O) groups is 1. The number of aromatic nitrogens is 4. The van der Waals surface area contributed by atoms with E-state index in [0.29, 0.717) is 37.8 Å². The Morgan fingerprint density at radius 1 is 1.16 bits per heavy atom. The van der Waals surface area contributed by atoms with Crippen molar-refractivity contribution in [2.45, 2.75) is 6.42 Å². The van der Waals surface area contributed by atoms with Gasteiger partial charge in [-0.2, -0.15) is 0 Å². The highest BCUT2D eigenvalue weighted by Crippen LogP contribution is 2.23. The molecule has 3 N–H and O–H groups in total. The quantitative estimate of drug-likeness (QED) is 0.797. The normalized spacial score (nSPS) is 14.4. The maximum Gasteiger partial charge on any atom is 0.225 e. The van der Waals surface area contributed by atoms with Crippen molar-refractivity contribution in [3.63, 3.8) is 0 Å². The highest BCUT2D eigenvalue weighted by molar-refractivity contribution is 6.35. The molecule has 0 spiro atoms. The zero-order chi connectivity index (χ0) is 17.6. The van der Waals surface area contributed by atoms with Gasteiger partial charge in [0.05, 0.1) is 0 Å². The standard InChI is InChI=1S/C15H19ClN8O/c16-12-13(17)21-10-22-14(12)18-5-2-11(25)23-6-8-24(9-7-23)15-19-3-1-4-20-15/h1,3-4,10H,2,5-9H2,(H3,17,18,21,22). The van der Waals surface area contributed by atoms with Crippen LogP contribution in [0.1, 0.15) is 6.42 Å². The van der Waals surface area contributed by atoms with Gasteiger partial charge in [0.15, 0.2) is 0 Å². The molecular formula is C15H19ClN8O. The smallest absolute Gasteiger partial charge is 0.225 e. The molecule has 1 fully saturated rings. The van der Waals surface area contributed by atoms with E-state index in [-0.39, 0.29) is 16.7 Å². The number of nitrogens with two attached hydrogens (primary N) is 1. The molecule has 0 atom stereocenters.